The quantitative estimate of drug-likeness (QED) is 0.733. The first-order valence-electron chi connectivity index (χ1n) is 6.21. The number of aromatic nitrogens is 1. The van der Waals surface area contributed by atoms with Gasteiger partial charge in [-0.05, 0) is 43.4 Å². The van der Waals surface area contributed by atoms with Gasteiger partial charge in [-0.1, -0.05) is 18.6 Å². The first kappa shape index (κ1) is 10.6. The van der Waals surface area contributed by atoms with Crippen molar-refractivity contribution in [1.82, 2.24) is 4.98 Å². The standard InChI is InChI=1S/C15H17NO/c1-8-4-10(3)14-11(5-8)12-6-9(2)7-13(17)15(12)16-14/h4-5,9,16H,6-7H2,1-3H3. The third kappa shape index (κ3) is 1.51. The van der Waals surface area contributed by atoms with Crippen LogP contribution in [0.5, 0.6) is 0 Å². The molecule has 1 aromatic heterocycles. The van der Waals surface area contributed by atoms with Crippen LogP contribution in [0.25, 0.3) is 10.9 Å². The molecule has 0 amide bonds. The summed E-state index contributed by atoms with van der Waals surface area (Å²) in [6.07, 6.45) is 1.70. The SMILES string of the molecule is Cc1cc(C)c2[nH]c3c(c2c1)CC(C)CC3=O. The summed E-state index contributed by atoms with van der Waals surface area (Å²) in [7, 11) is 0. The summed E-state index contributed by atoms with van der Waals surface area (Å²) in [5, 5.41) is 1.25. The third-order valence-corrected chi connectivity index (χ3v) is 3.72. The zero-order valence-corrected chi connectivity index (χ0v) is 10.6. The molecule has 0 saturated carbocycles. The molecule has 2 aromatic rings. The molecule has 0 radical (unpaired) electrons. The van der Waals surface area contributed by atoms with Crippen LogP contribution in [0.15, 0.2) is 12.1 Å². The van der Waals surface area contributed by atoms with Crippen molar-refractivity contribution in [1.29, 1.82) is 0 Å². The number of rotatable bonds is 0. The van der Waals surface area contributed by atoms with E-state index in [1.807, 2.05) is 0 Å². The van der Waals surface area contributed by atoms with Crippen molar-refractivity contribution in [2.24, 2.45) is 5.92 Å². The van der Waals surface area contributed by atoms with Crippen molar-refractivity contribution in [3.8, 4) is 0 Å². The van der Waals surface area contributed by atoms with E-state index in [-0.39, 0.29) is 5.78 Å². The van der Waals surface area contributed by atoms with Crippen molar-refractivity contribution in [2.75, 3.05) is 0 Å². The number of benzene rings is 1. The van der Waals surface area contributed by atoms with Gasteiger partial charge < -0.3 is 4.98 Å². The fourth-order valence-corrected chi connectivity index (χ4v) is 3.00. The van der Waals surface area contributed by atoms with E-state index in [0.29, 0.717) is 12.3 Å². The van der Waals surface area contributed by atoms with Crippen molar-refractivity contribution in [3.05, 3.63) is 34.5 Å². The Bertz CT molecular complexity index is 621. The van der Waals surface area contributed by atoms with Gasteiger partial charge in [0, 0.05) is 17.3 Å². The average Bonchev–Trinajstić information content (AvgIpc) is 2.58. The number of carbonyl (C=O) groups excluding carboxylic acids is 1. The highest BCUT2D eigenvalue weighted by molar-refractivity contribution is 6.04. The average molecular weight is 227 g/mol. The lowest BCUT2D eigenvalue weighted by molar-refractivity contribution is 0.0949. The Morgan fingerprint density at radius 1 is 1.24 bits per heavy atom. The molecule has 1 unspecified atom stereocenters. The normalized spacial score (nSPS) is 19.7. The Morgan fingerprint density at radius 3 is 2.76 bits per heavy atom. The van der Waals surface area contributed by atoms with Gasteiger partial charge in [-0.3, -0.25) is 4.79 Å². The van der Waals surface area contributed by atoms with Gasteiger partial charge in [0.25, 0.3) is 0 Å². The number of fused-ring (bicyclic) bond motifs is 3. The lowest BCUT2D eigenvalue weighted by Gasteiger charge is -2.17. The lowest BCUT2D eigenvalue weighted by Crippen LogP contribution is -2.17. The summed E-state index contributed by atoms with van der Waals surface area (Å²) < 4.78 is 0. The van der Waals surface area contributed by atoms with Crippen LogP contribution < -0.4 is 0 Å². The maximum atomic E-state index is 12.0. The second-order valence-corrected chi connectivity index (χ2v) is 5.42. The largest absolute Gasteiger partial charge is 0.352 e. The Morgan fingerprint density at radius 2 is 2.00 bits per heavy atom. The number of nitrogens with one attached hydrogen (secondary N) is 1. The van der Waals surface area contributed by atoms with E-state index in [4.69, 9.17) is 0 Å². The van der Waals surface area contributed by atoms with Gasteiger partial charge in [-0.2, -0.15) is 0 Å². The zero-order chi connectivity index (χ0) is 12.2. The molecule has 0 spiro atoms. The highest BCUT2D eigenvalue weighted by Gasteiger charge is 2.26. The maximum Gasteiger partial charge on any atom is 0.179 e. The Balaban J connectivity index is 2.36. The molecule has 1 N–H and O–H groups in total. The van der Waals surface area contributed by atoms with Gasteiger partial charge in [-0.15, -0.1) is 0 Å². The van der Waals surface area contributed by atoms with E-state index in [9.17, 15) is 4.79 Å². The molecule has 1 aromatic carbocycles. The molecule has 88 valence electrons. The van der Waals surface area contributed by atoms with E-state index < -0.39 is 0 Å². The van der Waals surface area contributed by atoms with Gasteiger partial charge in [0.1, 0.15) is 0 Å². The molecule has 1 aliphatic rings. The molecule has 2 heteroatoms. The van der Waals surface area contributed by atoms with Crippen LogP contribution >= 0.6 is 0 Å². The number of carbonyl (C=O) groups is 1. The van der Waals surface area contributed by atoms with E-state index in [1.54, 1.807) is 0 Å². The predicted molar refractivity (Wildman–Crippen MR) is 69.6 cm³/mol. The van der Waals surface area contributed by atoms with Crippen LogP contribution in [-0.4, -0.2) is 10.8 Å². The Labute approximate surface area is 101 Å². The highest BCUT2D eigenvalue weighted by Crippen LogP contribution is 2.33. The van der Waals surface area contributed by atoms with Gasteiger partial charge in [0.15, 0.2) is 5.78 Å². The second-order valence-electron chi connectivity index (χ2n) is 5.42. The van der Waals surface area contributed by atoms with Gasteiger partial charge in [0.05, 0.1) is 5.69 Å². The van der Waals surface area contributed by atoms with Crippen LogP contribution in [0.4, 0.5) is 0 Å². The number of aromatic amines is 1. The Kier molecular flexibility index (Phi) is 2.15. The minimum atomic E-state index is 0.270. The van der Waals surface area contributed by atoms with Crippen LogP contribution in [0, 0.1) is 19.8 Å². The summed E-state index contributed by atoms with van der Waals surface area (Å²) in [5.41, 5.74) is 5.72. The van der Waals surface area contributed by atoms with Crippen molar-refractivity contribution in [3.63, 3.8) is 0 Å². The molecular weight excluding hydrogens is 210 g/mol. The van der Waals surface area contributed by atoms with Crippen LogP contribution in [0.2, 0.25) is 0 Å². The van der Waals surface area contributed by atoms with Gasteiger partial charge in [-0.25, -0.2) is 0 Å². The first-order valence-corrected chi connectivity index (χ1v) is 6.21. The summed E-state index contributed by atoms with van der Waals surface area (Å²) >= 11 is 0. The van der Waals surface area contributed by atoms with E-state index in [2.05, 4.69) is 37.9 Å². The molecule has 0 saturated heterocycles. The first-order chi connectivity index (χ1) is 8.06. The van der Waals surface area contributed by atoms with E-state index >= 15 is 0 Å². The number of ketones is 1. The number of hydrogen-bond acceptors (Lipinski definition) is 1. The zero-order valence-electron chi connectivity index (χ0n) is 10.6. The summed E-state index contributed by atoms with van der Waals surface area (Å²) in [6, 6.07) is 4.36. The maximum absolute atomic E-state index is 12.0. The topological polar surface area (TPSA) is 32.9 Å². The molecule has 17 heavy (non-hydrogen) atoms. The van der Waals surface area contributed by atoms with Gasteiger partial charge >= 0.3 is 0 Å². The molecule has 2 nitrogen and oxygen atoms in total. The molecule has 0 bridgehead atoms. The monoisotopic (exact) mass is 227 g/mol. The summed E-state index contributed by atoms with van der Waals surface area (Å²) in [6.45, 7) is 6.37. The van der Waals surface area contributed by atoms with Crippen molar-refractivity contribution in [2.45, 2.75) is 33.6 Å². The summed E-state index contributed by atoms with van der Waals surface area (Å²) in [4.78, 5) is 15.4. The molecule has 0 aliphatic heterocycles. The molecule has 3 rings (SSSR count). The van der Waals surface area contributed by atoms with Gasteiger partial charge in [0.2, 0.25) is 0 Å². The summed E-state index contributed by atoms with van der Waals surface area (Å²) in [5.74, 6) is 0.738. The molecule has 1 heterocycles. The second kappa shape index (κ2) is 3.46. The van der Waals surface area contributed by atoms with Crippen molar-refractivity contribution >= 4 is 16.7 Å². The van der Waals surface area contributed by atoms with Crippen molar-refractivity contribution < 1.29 is 4.79 Å². The molecule has 1 atom stereocenters. The van der Waals surface area contributed by atoms with E-state index in [1.165, 1.54) is 22.1 Å². The molecule has 0 fully saturated rings. The fraction of sp³-hybridized carbons (Fsp3) is 0.400. The third-order valence-electron chi connectivity index (χ3n) is 3.72. The minimum Gasteiger partial charge on any atom is -0.352 e. The fourth-order valence-electron chi connectivity index (χ4n) is 3.00. The Hall–Kier alpha value is -1.57. The van der Waals surface area contributed by atoms with Crippen LogP contribution in [0.3, 0.4) is 0 Å². The number of aryl methyl sites for hydroxylation is 2. The lowest BCUT2D eigenvalue weighted by atomic mass is 9.86. The minimum absolute atomic E-state index is 0.270. The number of Topliss-reactive ketones (excluding diaryl/α,β-unsaturated/α-hetero) is 1. The number of hydrogen-bond donors (Lipinski definition) is 1. The highest BCUT2D eigenvalue weighted by atomic mass is 16.1. The van der Waals surface area contributed by atoms with Crippen LogP contribution in [-0.2, 0) is 6.42 Å². The molecular formula is C15H17NO. The van der Waals surface area contributed by atoms with Crippen LogP contribution in [0.1, 0.15) is 40.5 Å². The van der Waals surface area contributed by atoms with E-state index in [0.717, 1.165) is 17.6 Å². The molecule has 1 aliphatic carbocycles. The predicted octanol–water partition coefficient (Wildman–Crippen LogP) is 3.55. The smallest absolute Gasteiger partial charge is 0.179 e. The number of H-pyrrole nitrogens is 1.